The topological polar surface area (TPSA) is 78.4 Å². The Morgan fingerprint density at radius 3 is 2.50 bits per heavy atom. The van der Waals surface area contributed by atoms with Crippen molar-refractivity contribution in [3.05, 3.63) is 42.2 Å². The summed E-state index contributed by atoms with van der Waals surface area (Å²) in [5, 5.41) is 15.0. The number of benzene rings is 1. The Labute approximate surface area is 139 Å². The van der Waals surface area contributed by atoms with Gasteiger partial charge in [-0.05, 0) is 55.4 Å². The lowest BCUT2D eigenvalue weighted by Gasteiger charge is -2.30. The van der Waals surface area contributed by atoms with E-state index in [9.17, 15) is 19.1 Å². The molecule has 1 aromatic rings. The molecule has 24 heavy (non-hydrogen) atoms. The van der Waals surface area contributed by atoms with Gasteiger partial charge in [0.25, 0.3) is 0 Å². The van der Waals surface area contributed by atoms with Crippen molar-refractivity contribution >= 4 is 17.5 Å². The predicted octanol–water partition coefficient (Wildman–Crippen LogP) is 1.84. The highest BCUT2D eigenvalue weighted by Gasteiger charge is 2.47. The molecule has 2 fully saturated rings. The van der Waals surface area contributed by atoms with E-state index in [0.717, 1.165) is 25.3 Å². The number of amides is 2. The number of hydrogen-bond donors (Lipinski definition) is 3. The van der Waals surface area contributed by atoms with Crippen LogP contribution in [0.5, 0.6) is 0 Å². The van der Waals surface area contributed by atoms with E-state index in [2.05, 4.69) is 10.6 Å². The molecule has 3 N–H and O–H groups in total. The van der Waals surface area contributed by atoms with Crippen LogP contribution >= 0.6 is 0 Å². The molecule has 0 saturated heterocycles. The van der Waals surface area contributed by atoms with Gasteiger partial charge in [0, 0.05) is 36.4 Å². The van der Waals surface area contributed by atoms with Gasteiger partial charge in [0.05, 0.1) is 0 Å². The normalized spacial score (nSPS) is 28.2. The van der Waals surface area contributed by atoms with E-state index >= 15 is 0 Å². The Morgan fingerprint density at radius 1 is 1.12 bits per heavy atom. The second-order valence-electron chi connectivity index (χ2n) is 6.54. The lowest BCUT2D eigenvalue weighted by molar-refractivity contribution is -0.118. The number of nitrogens with one attached hydrogen (secondary N) is 2. The van der Waals surface area contributed by atoms with Crippen LogP contribution in [0.25, 0.3) is 0 Å². The second kappa shape index (κ2) is 7.13. The minimum atomic E-state index is -0.455. The van der Waals surface area contributed by atoms with Crippen molar-refractivity contribution in [3.63, 3.8) is 0 Å². The van der Waals surface area contributed by atoms with E-state index < -0.39 is 5.91 Å². The average Bonchev–Trinajstić information content (AvgIpc) is 3.16. The predicted molar refractivity (Wildman–Crippen MR) is 87.5 cm³/mol. The Hall–Kier alpha value is -2.21. The molecule has 2 aliphatic rings. The SMILES string of the molecule is O=C(/C=C/C(=O)NC1C2CCC(C2)C1CO)Nc1ccc(F)cc1. The lowest BCUT2D eigenvalue weighted by atomic mass is 9.85. The van der Waals surface area contributed by atoms with Gasteiger partial charge in [-0.2, -0.15) is 0 Å². The van der Waals surface area contributed by atoms with Crippen LogP contribution in [0.1, 0.15) is 19.3 Å². The first-order valence-corrected chi connectivity index (χ1v) is 8.23. The van der Waals surface area contributed by atoms with Gasteiger partial charge in [-0.15, -0.1) is 0 Å². The molecule has 2 amide bonds. The molecule has 2 bridgehead atoms. The van der Waals surface area contributed by atoms with E-state index in [1.165, 1.54) is 30.3 Å². The number of hydrogen-bond acceptors (Lipinski definition) is 3. The van der Waals surface area contributed by atoms with E-state index in [1.807, 2.05) is 0 Å². The third-order valence-corrected chi connectivity index (χ3v) is 5.11. The van der Waals surface area contributed by atoms with Crippen molar-refractivity contribution < 1.29 is 19.1 Å². The largest absolute Gasteiger partial charge is 0.396 e. The fourth-order valence-corrected chi connectivity index (χ4v) is 3.98. The molecule has 0 aromatic heterocycles. The molecule has 4 atom stereocenters. The fourth-order valence-electron chi connectivity index (χ4n) is 3.98. The number of aliphatic hydroxyl groups is 1. The highest BCUT2D eigenvalue weighted by molar-refractivity contribution is 6.03. The molecule has 0 aliphatic heterocycles. The maximum atomic E-state index is 12.8. The molecule has 0 radical (unpaired) electrons. The summed E-state index contributed by atoms with van der Waals surface area (Å²) in [6.45, 7) is 0.0842. The fraction of sp³-hybridized carbons (Fsp3) is 0.444. The van der Waals surface area contributed by atoms with Crippen LogP contribution in [0.3, 0.4) is 0 Å². The molecule has 0 heterocycles. The van der Waals surface area contributed by atoms with E-state index in [4.69, 9.17) is 0 Å². The van der Waals surface area contributed by atoms with Gasteiger partial charge >= 0.3 is 0 Å². The van der Waals surface area contributed by atoms with Crippen molar-refractivity contribution in [2.24, 2.45) is 17.8 Å². The Morgan fingerprint density at radius 2 is 1.79 bits per heavy atom. The molecule has 2 aliphatic carbocycles. The van der Waals surface area contributed by atoms with E-state index in [1.54, 1.807) is 0 Å². The highest BCUT2D eigenvalue weighted by atomic mass is 19.1. The van der Waals surface area contributed by atoms with Gasteiger partial charge < -0.3 is 15.7 Å². The molecule has 4 unspecified atom stereocenters. The second-order valence-corrected chi connectivity index (χ2v) is 6.54. The van der Waals surface area contributed by atoms with Gasteiger partial charge in [-0.3, -0.25) is 9.59 Å². The summed E-state index contributed by atoms with van der Waals surface area (Å²) in [6, 6.07) is 5.38. The first-order valence-electron chi connectivity index (χ1n) is 8.23. The average molecular weight is 332 g/mol. The van der Waals surface area contributed by atoms with Crippen LogP contribution in [0.2, 0.25) is 0 Å². The summed E-state index contributed by atoms with van der Waals surface area (Å²) in [5.41, 5.74) is 0.458. The summed E-state index contributed by atoms with van der Waals surface area (Å²) >= 11 is 0. The Kier molecular flexibility index (Phi) is 4.94. The summed E-state index contributed by atoms with van der Waals surface area (Å²) < 4.78 is 12.8. The van der Waals surface area contributed by atoms with Gasteiger partial charge in [-0.1, -0.05) is 0 Å². The number of rotatable bonds is 5. The van der Waals surface area contributed by atoms with Crippen molar-refractivity contribution in [3.8, 4) is 0 Å². The molecule has 2 saturated carbocycles. The van der Waals surface area contributed by atoms with Crippen molar-refractivity contribution in [2.45, 2.75) is 25.3 Å². The van der Waals surface area contributed by atoms with Crippen molar-refractivity contribution in [2.75, 3.05) is 11.9 Å². The van der Waals surface area contributed by atoms with Gasteiger partial charge in [0.2, 0.25) is 11.8 Å². The monoisotopic (exact) mass is 332 g/mol. The number of anilines is 1. The molecular weight excluding hydrogens is 311 g/mol. The van der Waals surface area contributed by atoms with Crippen LogP contribution in [0, 0.1) is 23.6 Å². The van der Waals surface area contributed by atoms with Crippen LogP contribution in [-0.2, 0) is 9.59 Å². The summed E-state index contributed by atoms with van der Waals surface area (Å²) in [7, 11) is 0. The lowest BCUT2D eigenvalue weighted by Crippen LogP contribution is -2.44. The van der Waals surface area contributed by atoms with Gasteiger partial charge in [0.1, 0.15) is 5.82 Å². The first kappa shape index (κ1) is 16.6. The van der Waals surface area contributed by atoms with Crippen LogP contribution < -0.4 is 10.6 Å². The molecule has 5 nitrogen and oxygen atoms in total. The molecule has 3 rings (SSSR count). The van der Waals surface area contributed by atoms with Crippen LogP contribution in [0.15, 0.2) is 36.4 Å². The number of aliphatic hydroxyl groups excluding tert-OH is 1. The molecule has 128 valence electrons. The minimum Gasteiger partial charge on any atom is -0.396 e. The van der Waals surface area contributed by atoms with Crippen LogP contribution in [0.4, 0.5) is 10.1 Å². The molecule has 0 spiro atoms. The standard InChI is InChI=1S/C18H21FN2O3/c19-13-3-5-14(6-4-13)20-16(23)7-8-17(24)21-18-12-2-1-11(9-12)15(18)10-22/h3-8,11-12,15,18,22H,1-2,9-10H2,(H,20,23)(H,21,24)/b8-7+. The minimum absolute atomic E-state index is 0.00828. The maximum absolute atomic E-state index is 12.8. The number of halogens is 1. The summed E-state index contributed by atoms with van der Waals surface area (Å²) in [6.07, 6.45) is 5.61. The highest BCUT2D eigenvalue weighted by Crippen LogP contribution is 2.48. The van der Waals surface area contributed by atoms with E-state index in [-0.39, 0.29) is 30.3 Å². The quantitative estimate of drug-likeness (QED) is 0.720. The first-order chi connectivity index (χ1) is 11.6. The van der Waals surface area contributed by atoms with Crippen molar-refractivity contribution in [1.29, 1.82) is 0 Å². The molecular formula is C18H21FN2O3. The zero-order valence-corrected chi connectivity index (χ0v) is 13.2. The smallest absolute Gasteiger partial charge is 0.248 e. The third-order valence-electron chi connectivity index (χ3n) is 5.11. The summed E-state index contributed by atoms with van der Waals surface area (Å²) in [5.74, 6) is -0.126. The summed E-state index contributed by atoms with van der Waals surface area (Å²) in [4.78, 5) is 23.8. The Bertz CT molecular complexity index is 644. The number of carbonyl (C=O) groups excluding carboxylic acids is 2. The van der Waals surface area contributed by atoms with Gasteiger partial charge in [-0.25, -0.2) is 4.39 Å². The molecule has 1 aromatic carbocycles. The van der Waals surface area contributed by atoms with Crippen LogP contribution in [-0.4, -0.2) is 29.6 Å². The molecule has 6 heteroatoms. The van der Waals surface area contributed by atoms with Crippen molar-refractivity contribution in [1.82, 2.24) is 5.32 Å². The number of fused-ring (bicyclic) bond motifs is 2. The maximum Gasteiger partial charge on any atom is 0.248 e. The number of carbonyl (C=O) groups is 2. The van der Waals surface area contributed by atoms with E-state index in [0.29, 0.717) is 17.5 Å². The van der Waals surface area contributed by atoms with Gasteiger partial charge in [0.15, 0.2) is 0 Å². The third kappa shape index (κ3) is 3.64. The zero-order chi connectivity index (χ0) is 17.1. The zero-order valence-electron chi connectivity index (χ0n) is 13.2. The Balaban J connectivity index is 1.51.